The number of nitrogens with one attached hydrogen (secondary N) is 1. The van der Waals surface area contributed by atoms with Gasteiger partial charge in [-0.3, -0.25) is 4.79 Å². The summed E-state index contributed by atoms with van der Waals surface area (Å²) in [7, 11) is 0. The van der Waals surface area contributed by atoms with Crippen LogP contribution < -0.4 is 5.32 Å². The lowest BCUT2D eigenvalue weighted by molar-refractivity contribution is -0.122. The quantitative estimate of drug-likeness (QED) is 0.928. The first-order valence-electron chi connectivity index (χ1n) is 8.78. The summed E-state index contributed by atoms with van der Waals surface area (Å²) in [5.41, 5.74) is 2.31. The van der Waals surface area contributed by atoms with E-state index in [1.807, 2.05) is 0 Å². The topological polar surface area (TPSA) is 37.3 Å². The van der Waals surface area contributed by atoms with Crippen LogP contribution in [-0.4, -0.2) is 41.1 Å². The van der Waals surface area contributed by atoms with E-state index in [0.717, 1.165) is 17.9 Å². The van der Waals surface area contributed by atoms with Gasteiger partial charge in [0.05, 0.1) is 0 Å². The number of rotatable bonds is 4. The Labute approximate surface area is 133 Å². The first kappa shape index (κ1) is 15.6. The first-order valence-corrected chi connectivity index (χ1v) is 8.78. The van der Waals surface area contributed by atoms with Gasteiger partial charge in [0.1, 0.15) is 6.54 Å². The third kappa shape index (κ3) is 3.37. The highest BCUT2D eigenvalue weighted by molar-refractivity contribution is 5.75. The maximum atomic E-state index is 12.3. The molecule has 3 heterocycles. The van der Waals surface area contributed by atoms with Gasteiger partial charge in [-0.15, -0.1) is 0 Å². The second-order valence-corrected chi connectivity index (χ2v) is 7.01. The normalized spacial score (nSPS) is 25.7. The summed E-state index contributed by atoms with van der Waals surface area (Å²) in [6.07, 6.45) is 6.57. The van der Waals surface area contributed by atoms with Gasteiger partial charge in [0.25, 0.3) is 0 Å². The van der Waals surface area contributed by atoms with E-state index in [-0.39, 0.29) is 5.91 Å². The highest BCUT2D eigenvalue weighted by atomic mass is 16.1. The number of aryl methyl sites for hydroxylation is 2. The van der Waals surface area contributed by atoms with Crippen molar-refractivity contribution in [3.63, 3.8) is 0 Å². The average Bonchev–Trinajstić information content (AvgIpc) is 2.85. The van der Waals surface area contributed by atoms with Crippen LogP contribution in [0.3, 0.4) is 0 Å². The number of hydrogen-bond donors (Lipinski definition) is 1. The monoisotopic (exact) mass is 303 g/mol. The first-order chi connectivity index (χ1) is 10.6. The van der Waals surface area contributed by atoms with E-state index in [4.69, 9.17) is 0 Å². The van der Waals surface area contributed by atoms with Crippen LogP contribution in [-0.2, 0) is 11.3 Å². The van der Waals surface area contributed by atoms with Gasteiger partial charge in [-0.05, 0) is 70.7 Å². The predicted octanol–water partition coefficient (Wildman–Crippen LogP) is 2.49. The van der Waals surface area contributed by atoms with Crippen LogP contribution in [0, 0.1) is 19.8 Å². The van der Waals surface area contributed by atoms with Gasteiger partial charge < -0.3 is 14.8 Å². The lowest BCUT2D eigenvalue weighted by atomic mass is 9.83. The van der Waals surface area contributed by atoms with Crippen molar-refractivity contribution in [3.05, 3.63) is 23.5 Å². The van der Waals surface area contributed by atoms with Crippen molar-refractivity contribution in [3.8, 4) is 0 Å². The second-order valence-electron chi connectivity index (χ2n) is 7.01. The zero-order valence-corrected chi connectivity index (χ0v) is 14.0. The van der Waals surface area contributed by atoms with E-state index in [1.165, 1.54) is 45.2 Å². The summed E-state index contributed by atoms with van der Waals surface area (Å²) in [4.78, 5) is 14.9. The van der Waals surface area contributed by atoms with Crippen molar-refractivity contribution in [2.45, 2.75) is 58.5 Å². The number of fused-ring (bicyclic) bond motifs is 1. The van der Waals surface area contributed by atoms with Crippen LogP contribution in [0.5, 0.6) is 0 Å². The average molecular weight is 303 g/mol. The fraction of sp³-hybridized carbons (Fsp3) is 0.722. The molecule has 1 aromatic rings. The van der Waals surface area contributed by atoms with Gasteiger partial charge >= 0.3 is 0 Å². The van der Waals surface area contributed by atoms with Gasteiger partial charge in [-0.25, -0.2) is 0 Å². The van der Waals surface area contributed by atoms with Crippen LogP contribution in [0.2, 0.25) is 0 Å². The number of amides is 1. The lowest BCUT2D eigenvalue weighted by Gasteiger charge is -2.44. The molecule has 22 heavy (non-hydrogen) atoms. The van der Waals surface area contributed by atoms with Gasteiger partial charge in [0.15, 0.2) is 0 Å². The molecule has 0 saturated carbocycles. The van der Waals surface area contributed by atoms with E-state index in [2.05, 4.69) is 40.8 Å². The summed E-state index contributed by atoms with van der Waals surface area (Å²) >= 11 is 0. The molecule has 2 atom stereocenters. The van der Waals surface area contributed by atoms with E-state index in [9.17, 15) is 4.79 Å². The Balaban J connectivity index is 1.52. The molecule has 2 saturated heterocycles. The second kappa shape index (κ2) is 6.86. The summed E-state index contributed by atoms with van der Waals surface area (Å²) in [5.74, 6) is 0.792. The Bertz CT molecular complexity index is 501. The smallest absolute Gasteiger partial charge is 0.239 e. The van der Waals surface area contributed by atoms with Gasteiger partial charge in [-0.2, -0.15) is 0 Å². The van der Waals surface area contributed by atoms with Crippen molar-refractivity contribution in [1.29, 1.82) is 0 Å². The fourth-order valence-electron chi connectivity index (χ4n) is 4.21. The number of piperidine rings is 2. The lowest BCUT2D eigenvalue weighted by Crippen LogP contribution is -2.51. The molecular weight excluding hydrogens is 274 g/mol. The molecule has 1 N–H and O–H groups in total. The molecule has 2 fully saturated rings. The molecular formula is C18H29N3O. The molecule has 3 rings (SSSR count). The summed E-state index contributed by atoms with van der Waals surface area (Å²) < 4.78 is 2.09. The van der Waals surface area contributed by atoms with Crippen molar-refractivity contribution in [2.24, 2.45) is 5.92 Å². The standard InChI is InChI=1S/C18H29N3O/c1-14-8-9-15(2)21(14)13-18(22)19-12-16-6-5-11-20-10-4-3-7-17(16)20/h8-9,16-17H,3-7,10-13H2,1-2H3,(H,19,22)/t16-,17?/m1/s1. The van der Waals surface area contributed by atoms with Crippen LogP contribution in [0.1, 0.15) is 43.5 Å². The molecule has 0 bridgehead atoms. The van der Waals surface area contributed by atoms with E-state index in [1.54, 1.807) is 0 Å². The molecule has 0 spiro atoms. The van der Waals surface area contributed by atoms with Crippen molar-refractivity contribution in [2.75, 3.05) is 19.6 Å². The molecule has 0 aromatic carbocycles. The van der Waals surface area contributed by atoms with Crippen LogP contribution in [0.4, 0.5) is 0 Å². The predicted molar refractivity (Wildman–Crippen MR) is 88.9 cm³/mol. The number of hydrogen-bond acceptors (Lipinski definition) is 2. The molecule has 0 aliphatic carbocycles. The molecule has 1 unspecified atom stereocenters. The van der Waals surface area contributed by atoms with E-state index < -0.39 is 0 Å². The Kier molecular flexibility index (Phi) is 4.87. The number of aromatic nitrogens is 1. The molecule has 1 aromatic heterocycles. The third-order valence-electron chi connectivity index (χ3n) is 5.51. The molecule has 4 nitrogen and oxygen atoms in total. The number of carbonyl (C=O) groups excluding carboxylic acids is 1. The maximum Gasteiger partial charge on any atom is 0.239 e. The SMILES string of the molecule is Cc1ccc(C)n1CC(=O)NC[C@H]1CCCN2CCCCC12. The molecule has 4 heteroatoms. The van der Waals surface area contributed by atoms with Crippen molar-refractivity contribution >= 4 is 5.91 Å². The number of nitrogens with zero attached hydrogens (tertiary/aromatic N) is 2. The Morgan fingerprint density at radius 1 is 1.14 bits per heavy atom. The van der Waals surface area contributed by atoms with Gasteiger partial charge in [-0.1, -0.05) is 6.42 Å². The van der Waals surface area contributed by atoms with Crippen LogP contribution >= 0.6 is 0 Å². The molecule has 1 amide bonds. The maximum absolute atomic E-state index is 12.3. The van der Waals surface area contributed by atoms with Crippen LogP contribution in [0.25, 0.3) is 0 Å². The summed E-state index contributed by atoms with van der Waals surface area (Å²) in [6, 6.07) is 4.85. The minimum Gasteiger partial charge on any atom is -0.354 e. The van der Waals surface area contributed by atoms with Gasteiger partial charge in [0.2, 0.25) is 5.91 Å². The molecule has 122 valence electrons. The molecule has 2 aliphatic rings. The summed E-state index contributed by atoms with van der Waals surface area (Å²) in [5, 5.41) is 3.19. The molecule has 2 aliphatic heterocycles. The Morgan fingerprint density at radius 2 is 1.86 bits per heavy atom. The largest absolute Gasteiger partial charge is 0.354 e. The Morgan fingerprint density at radius 3 is 2.64 bits per heavy atom. The Hall–Kier alpha value is -1.29. The fourth-order valence-corrected chi connectivity index (χ4v) is 4.21. The highest BCUT2D eigenvalue weighted by Gasteiger charge is 2.32. The minimum atomic E-state index is 0.148. The highest BCUT2D eigenvalue weighted by Crippen LogP contribution is 2.30. The summed E-state index contributed by atoms with van der Waals surface area (Å²) in [6.45, 7) is 7.93. The van der Waals surface area contributed by atoms with Crippen molar-refractivity contribution < 1.29 is 4.79 Å². The van der Waals surface area contributed by atoms with E-state index in [0.29, 0.717) is 18.5 Å². The van der Waals surface area contributed by atoms with Crippen LogP contribution in [0.15, 0.2) is 12.1 Å². The van der Waals surface area contributed by atoms with E-state index >= 15 is 0 Å². The van der Waals surface area contributed by atoms with Gasteiger partial charge in [0, 0.05) is 24.0 Å². The minimum absolute atomic E-state index is 0.148. The van der Waals surface area contributed by atoms with Crippen molar-refractivity contribution in [1.82, 2.24) is 14.8 Å². The third-order valence-corrected chi connectivity index (χ3v) is 5.51. The zero-order chi connectivity index (χ0) is 15.5. The molecule has 0 radical (unpaired) electrons. The number of carbonyl (C=O) groups is 1. The zero-order valence-electron chi connectivity index (χ0n) is 14.0.